The summed E-state index contributed by atoms with van der Waals surface area (Å²) in [6.07, 6.45) is 0.558. The number of rotatable bonds is 2. The Hall–Kier alpha value is -1.07. The van der Waals surface area contributed by atoms with Gasteiger partial charge in [0.15, 0.2) is 0 Å². The van der Waals surface area contributed by atoms with E-state index in [0.29, 0.717) is 16.5 Å². The van der Waals surface area contributed by atoms with Gasteiger partial charge in [-0.3, -0.25) is 0 Å². The highest BCUT2D eigenvalue weighted by molar-refractivity contribution is 7.89. The lowest BCUT2D eigenvalue weighted by Crippen LogP contribution is -2.45. The standard InChI is InChI=1S/C12H18N2O2S/c1-8(2)6-12-13-10-5-4-9(3)7-11(10)17(15,16)14-12/h4-5,7-8,12-14H,6H2,1-3H3. The van der Waals surface area contributed by atoms with E-state index in [9.17, 15) is 8.42 Å². The Morgan fingerprint density at radius 3 is 2.71 bits per heavy atom. The third-order valence-corrected chi connectivity index (χ3v) is 4.27. The molecule has 0 saturated carbocycles. The van der Waals surface area contributed by atoms with E-state index in [1.165, 1.54) is 0 Å². The van der Waals surface area contributed by atoms with Crippen LogP contribution in [0.5, 0.6) is 0 Å². The number of benzene rings is 1. The van der Waals surface area contributed by atoms with Crippen LogP contribution in [0.25, 0.3) is 0 Å². The van der Waals surface area contributed by atoms with Crippen LogP contribution in [0.4, 0.5) is 5.69 Å². The average Bonchev–Trinajstić information content (AvgIpc) is 2.17. The average molecular weight is 254 g/mol. The molecule has 1 atom stereocenters. The van der Waals surface area contributed by atoms with Crippen molar-refractivity contribution in [3.05, 3.63) is 23.8 Å². The van der Waals surface area contributed by atoms with E-state index in [4.69, 9.17) is 0 Å². The van der Waals surface area contributed by atoms with Crippen LogP contribution in [0.3, 0.4) is 0 Å². The van der Waals surface area contributed by atoms with Crippen LogP contribution in [0.2, 0.25) is 0 Å². The summed E-state index contributed by atoms with van der Waals surface area (Å²) in [5.41, 5.74) is 1.64. The van der Waals surface area contributed by atoms with Crippen molar-refractivity contribution in [1.29, 1.82) is 0 Å². The molecule has 0 spiro atoms. The summed E-state index contributed by atoms with van der Waals surface area (Å²) in [6, 6.07) is 5.44. The van der Waals surface area contributed by atoms with Crippen LogP contribution in [-0.4, -0.2) is 14.6 Å². The highest BCUT2D eigenvalue weighted by Crippen LogP contribution is 2.28. The largest absolute Gasteiger partial charge is 0.368 e. The molecule has 0 aliphatic carbocycles. The molecule has 1 aliphatic rings. The summed E-state index contributed by atoms with van der Waals surface area (Å²) in [6.45, 7) is 6.03. The number of anilines is 1. The van der Waals surface area contributed by atoms with E-state index in [1.54, 1.807) is 6.07 Å². The highest BCUT2D eigenvalue weighted by atomic mass is 32.2. The summed E-state index contributed by atoms with van der Waals surface area (Å²) in [5.74, 6) is 0.433. The highest BCUT2D eigenvalue weighted by Gasteiger charge is 2.29. The lowest BCUT2D eigenvalue weighted by molar-refractivity contribution is 0.483. The molecular formula is C12H18N2O2S. The van der Waals surface area contributed by atoms with Gasteiger partial charge in [0.2, 0.25) is 10.0 Å². The van der Waals surface area contributed by atoms with Gasteiger partial charge in [-0.25, -0.2) is 8.42 Å². The molecule has 2 N–H and O–H groups in total. The molecule has 94 valence electrons. The van der Waals surface area contributed by atoms with E-state index < -0.39 is 10.0 Å². The first kappa shape index (κ1) is 12.4. The SMILES string of the molecule is Cc1ccc2c(c1)S(=O)(=O)NC(CC(C)C)N2. The minimum absolute atomic E-state index is 0.213. The number of aryl methyl sites for hydroxylation is 1. The predicted octanol–water partition coefficient (Wildman–Crippen LogP) is 2.07. The number of sulfonamides is 1. The van der Waals surface area contributed by atoms with E-state index in [1.807, 2.05) is 19.1 Å². The van der Waals surface area contributed by atoms with E-state index in [-0.39, 0.29) is 6.17 Å². The third-order valence-electron chi connectivity index (χ3n) is 2.76. The van der Waals surface area contributed by atoms with Gasteiger partial charge in [0.1, 0.15) is 4.90 Å². The number of hydrogen-bond donors (Lipinski definition) is 2. The summed E-state index contributed by atoms with van der Waals surface area (Å²) in [7, 11) is -3.37. The Morgan fingerprint density at radius 2 is 2.06 bits per heavy atom. The molecule has 4 nitrogen and oxygen atoms in total. The van der Waals surface area contributed by atoms with Crippen molar-refractivity contribution in [3.8, 4) is 0 Å². The Kier molecular flexibility index (Phi) is 3.14. The van der Waals surface area contributed by atoms with Crippen molar-refractivity contribution in [1.82, 2.24) is 4.72 Å². The molecule has 2 rings (SSSR count). The van der Waals surface area contributed by atoms with Crippen LogP contribution < -0.4 is 10.0 Å². The molecule has 1 unspecified atom stereocenters. The second kappa shape index (κ2) is 4.31. The summed E-state index contributed by atoms with van der Waals surface area (Å²) in [5, 5.41) is 3.22. The molecule has 0 bridgehead atoms. The van der Waals surface area contributed by atoms with Gasteiger partial charge in [-0.15, -0.1) is 0 Å². The van der Waals surface area contributed by atoms with Crippen molar-refractivity contribution in [2.75, 3.05) is 5.32 Å². The van der Waals surface area contributed by atoms with Crippen LogP contribution in [-0.2, 0) is 10.0 Å². The van der Waals surface area contributed by atoms with Crippen molar-refractivity contribution >= 4 is 15.7 Å². The quantitative estimate of drug-likeness (QED) is 0.849. The molecular weight excluding hydrogens is 236 g/mol. The summed E-state index contributed by atoms with van der Waals surface area (Å²) >= 11 is 0. The maximum atomic E-state index is 12.1. The Labute approximate surface area is 102 Å². The summed E-state index contributed by atoms with van der Waals surface area (Å²) in [4.78, 5) is 0.345. The van der Waals surface area contributed by atoms with Gasteiger partial charge in [-0.05, 0) is 37.0 Å². The number of fused-ring (bicyclic) bond motifs is 1. The minimum Gasteiger partial charge on any atom is -0.368 e. The number of hydrogen-bond acceptors (Lipinski definition) is 3. The summed E-state index contributed by atoms with van der Waals surface area (Å²) < 4.78 is 26.8. The van der Waals surface area contributed by atoms with Gasteiger partial charge in [0, 0.05) is 0 Å². The molecule has 0 saturated heterocycles. The smallest absolute Gasteiger partial charge is 0.244 e. The lowest BCUT2D eigenvalue weighted by Gasteiger charge is -2.29. The van der Waals surface area contributed by atoms with Gasteiger partial charge in [0.05, 0.1) is 11.9 Å². The maximum absolute atomic E-state index is 12.1. The Balaban J connectivity index is 2.38. The van der Waals surface area contributed by atoms with Crippen molar-refractivity contribution < 1.29 is 8.42 Å². The lowest BCUT2D eigenvalue weighted by atomic mass is 10.1. The van der Waals surface area contributed by atoms with Crippen LogP contribution >= 0.6 is 0 Å². The minimum atomic E-state index is -3.37. The second-order valence-electron chi connectivity index (χ2n) is 4.95. The van der Waals surface area contributed by atoms with Gasteiger partial charge < -0.3 is 5.32 Å². The normalized spacial score (nSPS) is 22.0. The Bertz CT molecular complexity index is 523. The van der Waals surface area contributed by atoms with Gasteiger partial charge >= 0.3 is 0 Å². The zero-order valence-corrected chi connectivity index (χ0v) is 11.1. The zero-order valence-electron chi connectivity index (χ0n) is 10.3. The molecule has 1 aromatic rings. The first-order valence-electron chi connectivity index (χ1n) is 5.78. The van der Waals surface area contributed by atoms with Crippen LogP contribution in [0, 0.1) is 12.8 Å². The predicted molar refractivity (Wildman–Crippen MR) is 68.4 cm³/mol. The molecule has 0 radical (unpaired) electrons. The monoisotopic (exact) mass is 254 g/mol. The van der Waals surface area contributed by atoms with Gasteiger partial charge in [0.25, 0.3) is 0 Å². The fourth-order valence-electron chi connectivity index (χ4n) is 2.02. The fourth-order valence-corrected chi connectivity index (χ4v) is 3.43. The third kappa shape index (κ3) is 2.61. The number of nitrogens with one attached hydrogen (secondary N) is 2. The van der Waals surface area contributed by atoms with E-state index in [0.717, 1.165) is 12.0 Å². The molecule has 1 heterocycles. The maximum Gasteiger partial charge on any atom is 0.244 e. The Morgan fingerprint density at radius 1 is 1.35 bits per heavy atom. The van der Waals surface area contributed by atoms with Crippen molar-refractivity contribution in [2.24, 2.45) is 5.92 Å². The molecule has 0 amide bonds. The van der Waals surface area contributed by atoms with Crippen LogP contribution in [0.1, 0.15) is 25.8 Å². The molecule has 1 aromatic carbocycles. The molecule has 5 heteroatoms. The molecule has 1 aliphatic heterocycles. The van der Waals surface area contributed by atoms with Gasteiger partial charge in [-0.1, -0.05) is 19.9 Å². The van der Waals surface area contributed by atoms with E-state index >= 15 is 0 Å². The van der Waals surface area contributed by atoms with E-state index in [2.05, 4.69) is 23.9 Å². The molecule has 17 heavy (non-hydrogen) atoms. The zero-order chi connectivity index (χ0) is 12.6. The molecule has 0 aromatic heterocycles. The van der Waals surface area contributed by atoms with Crippen LogP contribution in [0.15, 0.2) is 23.1 Å². The second-order valence-corrected chi connectivity index (χ2v) is 6.63. The first-order chi connectivity index (χ1) is 7.88. The first-order valence-corrected chi connectivity index (χ1v) is 7.26. The van der Waals surface area contributed by atoms with Crippen molar-refractivity contribution in [3.63, 3.8) is 0 Å². The topological polar surface area (TPSA) is 58.2 Å². The van der Waals surface area contributed by atoms with Crippen molar-refractivity contribution in [2.45, 2.75) is 38.3 Å². The molecule has 0 fully saturated rings. The fraction of sp³-hybridized carbons (Fsp3) is 0.500. The van der Waals surface area contributed by atoms with Gasteiger partial charge in [-0.2, -0.15) is 4.72 Å².